The lowest BCUT2D eigenvalue weighted by atomic mass is 10.0. The molecular formula is C13H17NO3. The zero-order valence-electron chi connectivity index (χ0n) is 10.6. The first-order valence-electron chi connectivity index (χ1n) is 5.59. The van der Waals surface area contributed by atoms with Crippen LogP contribution in [0.3, 0.4) is 0 Å². The van der Waals surface area contributed by atoms with Crippen molar-refractivity contribution in [2.24, 2.45) is 0 Å². The summed E-state index contributed by atoms with van der Waals surface area (Å²) >= 11 is 0. The molecule has 2 rings (SSSR count). The topological polar surface area (TPSA) is 38.8 Å². The van der Waals surface area contributed by atoms with Gasteiger partial charge in [0.25, 0.3) is 0 Å². The summed E-state index contributed by atoms with van der Waals surface area (Å²) in [6.07, 6.45) is 0.432. The average molecular weight is 235 g/mol. The van der Waals surface area contributed by atoms with Crippen LogP contribution in [0.1, 0.15) is 19.4 Å². The Bertz CT molecular complexity index is 452. The maximum atomic E-state index is 11.5. The molecule has 0 radical (unpaired) electrons. The summed E-state index contributed by atoms with van der Waals surface area (Å²) in [5.41, 5.74) is 0.849. The summed E-state index contributed by atoms with van der Waals surface area (Å²) in [5.74, 6) is 1.18. The van der Waals surface area contributed by atoms with Crippen LogP contribution in [0.25, 0.3) is 0 Å². The van der Waals surface area contributed by atoms with Crippen molar-refractivity contribution in [3.8, 4) is 11.5 Å². The largest absolute Gasteiger partial charge is 0.483 e. The number of para-hydroxylation sites is 1. The smallest absolute Gasteiger partial charge is 0.414 e. The Labute approximate surface area is 101 Å². The second-order valence-electron chi connectivity index (χ2n) is 5.05. The molecular weight excluding hydrogens is 218 g/mol. The van der Waals surface area contributed by atoms with Gasteiger partial charge in [0.2, 0.25) is 0 Å². The van der Waals surface area contributed by atoms with Gasteiger partial charge in [-0.05, 0) is 19.9 Å². The van der Waals surface area contributed by atoms with E-state index in [1.165, 1.54) is 4.90 Å². The van der Waals surface area contributed by atoms with Crippen LogP contribution < -0.4 is 9.47 Å². The Kier molecular flexibility index (Phi) is 2.73. The van der Waals surface area contributed by atoms with Crippen molar-refractivity contribution in [2.45, 2.75) is 25.9 Å². The minimum atomic E-state index is -0.397. The molecule has 0 spiro atoms. The van der Waals surface area contributed by atoms with Crippen molar-refractivity contribution in [1.29, 1.82) is 0 Å². The third kappa shape index (κ3) is 2.35. The maximum Gasteiger partial charge on any atom is 0.414 e. The molecule has 92 valence electrons. The molecule has 0 saturated heterocycles. The maximum absolute atomic E-state index is 11.5. The van der Waals surface area contributed by atoms with E-state index in [1.54, 1.807) is 20.2 Å². The standard InChI is InChI=1S/C13H17NO3/c1-13(2)8-9-6-5-7-10(11(9)17-13)16-12(15)14(3)4/h5-7H,8H2,1-4H3. The molecule has 0 saturated carbocycles. The minimum absolute atomic E-state index is 0.233. The second-order valence-corrected chi connectivity index (χ2v) is 5.05. The summed E-state index contributed by atoms with van der Waals surface area (Å²) in [5, 5.41) is 0. The molecule has 4 heteroatoms. The number of carbonyl (C=O) groups excluding carboxylic acids is 1. The van der Waals surface area contributed by atoms with E-state index in [0.717, 1.165) is 12.0 Å². The first-order valence-corrected chi connectivity index (χ1v) is 5.59. The van der Waals surface area contributed by atoms with Crippen LogP contribution >= 0.6 is 0 Å². The molecule has 0 aliphatic carbocycles. The van der Waals surface area contributed by atoms with E-state index >= 15 is 0 Å². The van der Waals surface area contributed by atoms with Gasteiger partial charge in [-0.3, -0.25) is 0 Å². The predicted molar refractivity (Wildman–Crippen MR) is 64.6 cm³/mol. The van der Waals surface area contributed by atoms with Crippen LogP contribution in [0, 0.1) is 0 Å². The van der Waals surface area contributed by atoms with Gasteiger partial charge in [0.1, 0.15) is 5.60 Å². The van der Waals surface area contributed by atoms with Gasteiger partial charge in [0.05, 0.1) is 0 Å². The van der Waals surface area contributed by atoms with E-state index in [9.17, 15) is 4.79 Å². The van der Waals surface area contributed by atoms with Gasteiger partial charge in [-0.1, -0.05) is 12.1 Å². The second kappa shape index (κ2) is 3.95. The number of carbonyl (C=O) groups is 1. The summed E-state index contributed by atoms with van der Waals surface area (Å²) in [6.45, 7) is 4.04. The van der Waals surface area contributed by atoms with Gasteiger partial charge >= 0.3 is 6.09 Å². The quantitative estimate of drug-likeness (QED) is 0.750. The number of fused-ring (bicyclic) bond motifs is 1. The van der Waals surface area contributed by atoms with E-state index in [0.29, 0.717) is 11.5 Å². The van der Waals surface area contributed by atoms with E-state index in [4.69, 9.17) is 9.47 Å². The number of hydrogen-bond acceptors (Lipinski definition) is 3. The monoisotopic (exact) mass is 235 g/mol. The van der Waals surface area contributed by atoms with Gasteiger partial charge in [0.15, 0.2) is 11.5 Å². The number of amides is 1. The van der Waals surface area contributed by atoms with E-state index in [1.807, 2.05) is 26.0 Å². The summed E-state index contributed by atoms with van der Waals surface area (Å²) in [4.78, 5) is 12.9. The Morgan fingerprint density at radius 1 is 1.41 bits per heavy atom. The molecule has 4 nitrogen and oxygen atoms in total. The highest BCUT2D eigenvalue weighted by molar-refractivity contribution is 5.71. The van der Waals surface area contributed by atoms with E-state index < -0.39 is 6.09 Å². The molecule has 0 atom stereocenters. The lowest BCUT2D eigenvalue weighted by Crippen LogP contribution is -2.26. The highest BCUT2D eigenvalue weighted by Crippen LogP contribution is 2.41. The summed E-state index contributed by atoms with van der Waals surface area (Å²) < 4.78 is 11.1. The number of hydrogen-bond donors (Lipinski definition) is 0. The van der Waals surface area contributed by atoms with Gasteiger partial charge in [-0.15, -0.1) is 0 Å². The van der Waals surface area contributed by atoms with Crippen molar-refractivity contribution in [3.05, 3.63) is 23.8 Å². The number of nitrogens with zero attached hydrogens (tertiary/aromatic N) is 1. The highest BCUT2D eigenvalue weighted by Gasteiger charge is 2.32. The molecule has 1 amide bonds. The normalized spacial score (nSPS) is 16.0. The lowest BCUT2D eigenvalue weighted by molar-refractivity contribution is 0.130. The molecule has 0 unspecified atom stereocenters. The molecule has 0 aromatic heterocycles. The van der Waals surface area contributed by atoms with E-state index in [-0.39, 0.29) is 5.60 Å². The molecule has 1 aliphatic heterocycles. The molecule has 17 heavy (non-hydrogen) atoms. The summed E-state index contributed by atoms with van der Waals surface area (Å²) in [6, 6.07) is 5.63. The Hall–Kier alpha value is -1.71. The highest BCUT2D eigenvalue weighted by atomic mass is 16.6. The first kappa shape index (κ1) is 11.8. The van der Waals surface area contributed by atoms with Crippen LogP contribution in [0.2, 0.25) is 0 Å². The van der Waals surface area contributed by atoms with Crippen LogP contribution in [-0.4, -0.2) is 30.7 Å². The van der Waals surface area contributed by atoms with Crippen molar-refractivity contribution in [1.82, 2.24) is 4.90 Å². The fraction of sp³-hybridized carbons (Fsp3) is 0.462. The Morgan fingerprint density at radius 2 is 2.12 bits per heavy atom. The predicted octanol–water partition coefficient (Wildman–Crippen LogP) is 2.46. The van der Waals surface area contributed by atoms with Gasteiger partial charge in [-0.25, -0.2) is 4.79 Å². The average Bonchev–Trinajstić information content (AvgIpc) is 2.53. The molecule has 0 N–H and O–H groups in total. The number of ether oxygens (including phenoxy) is 2. The van der Waals surface area contributed by atoms with Crippen molar-refractivity contribution in [2.75, 3.05) is 14.1 Å². The van der Waals surface area contributed by atoms with E-state index in [2.05, 4.69) is 0 Å². The SMILES string of the molecule is CN(C)C(=O)Oc1cccc2c1OC(C)(C)C2. The molecule has 1 heterocycles. The van der Waals surface area contributed by atoms with Crippen LogP contribution in [0.4, 0.5) is 4.79 Å². The third-order valence-electron chi connectivity index (χ3n) is 2.62. The van der Waals surface area contributed by atoms with Crippen LogP contribution in [0.15, 0.2) is 18.2 Å². The molecule has 1 aliphatic rings. The van der Waals surface area contributed by atoms with Gasteiger partial charge < -0.3 is 14.4 Å². The van der Waals surface area contributed by atoms with Crippen molar-refractivity contribution < 1.29 is 14.3 Å². The lowest BCUT2D eigenvalue weighted by Gasteiger charge is -2.18. The zero-order chi connectivity index (χ0) is 12.6. The molecule has 0 fully saturated rings. The summed E-state index contributed by atoms with van der Waals surface area (Å²) in [7, 11) is 3.30. The molecule has 0 bridgehead atoms. The number of rotatable bonds is 1. The number of benzene rings is 1. The fourth-order valence-electron chi connectivity index (χ4n) is 1.85. The first-order chi connectivity index (χ1) is 7.89. The van der Waals surface area contributed by atoms with Crippen LogP contribution in [0.5, 0.6) is 11.5 Å². The minimum Gasteiger partial charge on any atom is -0.483 e. The molecule has 1 aromatic carbocycles. The van der Waals surface area contributed by atoms with Gasteiger partial charge in [-0.2, -0.15) is 0 Å². The van der Waals surface area contributed by atoms with Crippen molar-refractivity contribution in [3.63, 3.8) is 0 Å². The third-order valence-corrected chi connectivity index (χ3v) is 2.62. The van der Waals surface area contributed by atoms with Gasteiger partial charge in [0, 0.05) is 26.1 Å². The Morgan fingerprint density at radius 3 is 2.76 bits per heavy atom. The Balaban J connectivity index is 2.27. The van der Waals surface area contributed by atoms with Crippen molar-refractivity contribution >= 4 is 6.09 Å². The van der Waals surface area contributed by atoms with Crippen LogP contribution in [-0.2, 0) is 6.42 Å². The molecule has 1 aromatic rings. The zero-order valence-corrected chi connectivity index (χ0v) is 10.6. The fourth-order valence-corrected chi connectivity index (χ4v) is 1.85.